The van der Waals surface area contributed by atoms with Crippen LogP contribution in [0.2, 0.25) is 0 Å². The van der Waals surface area contributed by atoms with E-state index in [2.05, 4.69) is 10.3 Å². The number of nitrogens with one attached hydrogen (secondary N) is 1. The van der Waals surface area contributed by atoms with E-state index in [-0.39, 0.29) is 0 Å². The van der Waals surface area contributed by atoms with Gasteiger partial charge in [-0.15, -0.1) is 0 Å². The van der Waals surface area contributed by atoms with E-state index in [4.69, 9.17) is 0 Å². The van der Waals surface area contributed by atoms with Gasteiger partial charge >= 0.3 is 6.18 Å². The van der Waals surface area contributed by atoms with Crippen molar-refractivity contribution in [2.45, 2.75) is 39.0 Å². The van der Waals surface area contributed by atoms with Crippen molar-refractivity contribution < 1.29 is 13.2 Å². The van der Waals surface area contributed by atoms with Crippen LogP contribution >= 0.6 is 0 Å². The van der Waals surface area contributed by atoms with Crippen LogP contribution in [-0.4, -0.2) is 17.2 Å². The molecule has 1 unspecified atom stereocenters. The average Bonchev–Trinajstić information content (AvgIpc) is 2.12. The van der Waals surface area contributed by atoms with Gasteiger partial charge in [0.05, 0.1) is 6.42 Å². The molecule has 0 saturated carbocycles. The molecule has 0 amide bonds. The monoisotopic (exact) mass is 232 g/mol. The Morgan fingerprint density at radius 1 is 1.38 bits per heavy atom. The number of aryl methyl sites for hydroxylation is 1. The first-order chi connectivity index (χ1) is 7.37. The smallest absolute Gasteiger partial charge is 0.310 e. The molecule has 90 valence electrons. The van der Waals surface area contributed by atoms with E-state index in [1.54, 1.807) is 12.4 Å². The Morgan fingerprint density at radius 2 is 2.06 bits per heavy atom. The number of halogens is 3. The van der Waals surface area contributed by atoms with Crippen LogP contribution < -0.4 is 5.32 Å². The maximum atomic E-state index is 12.0. The van der Waals surface area contributed by atoms with Gasteiger partial charge in [-0.25, -0.2) is 0 Å². The number of hydrogen-bond donors (Lipinski definition) is 1. The van der Waals surface area contributed by atoms with E-state index >= 15 is 0 Å². The first-order valence-electron chi connectivity index (χ1n) is 5.07. The predicted octanol–water partition coefficient (Wildman–Crippen LogP) is 2.82. The van der Waals surface area contributed by atoms with E-state index in [9.17, 15) is 13.2 Å². The normalized spacial score (nSPS) is 13.8. The Balaban J connectivity index is 2.40. The fourth-order valence-electron chi connectivity index (χ4n) is 1.43. The highest BCUT2D eigenvalue weighted by atomic mass is 19.4. The largest absolute Gasteiger partial charge is 0.390 e. The van der Waals surface area contributed by atoms with Crippen LogP contribution in [0.4, 0.5) is 13.2 Å². The molecule has 1 atom stereocenters. The predicted molar refractivity (Wildman–Crippen MR) is 55.9 cm³/mol. The van der Waals surface area contributed by atoms with Crippen LogP contribution in [0.15, 0.2) is 18.5 Å². The number of alkyl halides is 3. The van der Waals surface area contributed by atoms with Gasteiger partial charge in [-0.2, -0.15) is 13.2 Å². The Hall–Kier alpha value is -1.10. The van der Waals surface area contributed by atoms with Crippen LogP contribution in [0.1, 0.15) is 24.5 Å². The average molecular weight is 232 g/mol. The van der Waals surface area contributed by atoms with Crippen molar-refractivity contribution in [3.05, 3.63) is 29.6 Å². The molecular weight excluding hydrogens is 217 g/mol. The molecule has 1 heterocycles. The molecule has 1 aromatic heterocycles. The molecule has 0 radical (unpaired) electrons. The van der Waals surface area contributed by atoms with Crippen molar-refractivity contribution in [3.63, 3.8) is 0 Å². The van der Waals surface area contributed by atoms with Crippen molar-refractivity contribution >= 4 is 0 Å². The lowest BCUT2D eigenvalue weighted by atomic mass is 10.2. The first kappa shape index (κ1) is 13.0. The second kappa shape index (κ2) is 5.30. The fourth-order valence-corrected chi connectivity index (χ4v) is 1.43. The van der Waals surface area contributed by atoms with Crippen molar-refractivity contribution in [2.24, 2.45) is 0 Å². The Kier molecular flexibility index (Phi) is 4.29. The van der Waals surface area contributed by atoms with Gasteiger partial charge in [-0.05, 0) is 25.0 Å². The summed E-state index contributed by atoms with van der Waals surface area (Å²) in [5.41, 5.74) is 1.90. The molecule has 0 aromatic carbocycles. The quantitative estimate of drug-likeness (QED) is 0.863. The van der Waals surface area contributed by atoms with E-state index < -0.39 is 18.6 Å². The second-order valence-corrected chi connectivity index (χ2v) is 3.97. The highest BCUT2D eigenvalue weighted by Gasteiger charge is 2.29. The molecule has 0 aliphatic carbocycles. The van der Waals surface area contributed by atoms with Crippen LogP contribution in [0.5, 0.6) is 0 Å². The number of pyridine rings is 1. The fraction of sp³-hybridized carbons (Fsp3) is 0.545. The molecule has 1 aromatic rings. The topological polar surface area (TPSA) is 24.9 Å². The lowest BCUT2D eigenvalue weighted by Crippen LogP contribution is -2.30. The summed E-state index contributed by atoms with van der Waals surface area (Å²) in [5, 5.41) is 2.82. The molecule has 0 aliphatic rings. The van der Waals surface area contributed by atoms with Crippen molar-refractivity contribution in [2.75, 3.05) is 0 Å². The van der Waals surface area contributed by atoms with E-state index in [0.29, 0.717) is 6.54 Å². The van der Waals surface area contributed by atoms with Gasteiger partial charge in [0.1, 0.15) is 0 Å². The number of nitrogens with zero attached hydrogens (tertiary/aromatic N) is 1. The van der Waals surface area contributed by atoms with Crippen molar-refractivity contribution in [3.8, 4) is 0 Å². The number of rotatable bonds is 4. The Bertz CT molecular complexity index is 336. The summed E-state index contributed by atoms with van der Waals surface area (Å²) in [6.45, 7) is 3.83. The molecule has 0 fully saturated rings. The maximum Gasteiger partial charge on any atom is 0.390 e. The van der Waals surface area contributed by atoms with Gasteiger partial charge in [0, 0.05) is 25.0 Å². The van der Waals surface area contributed by atoms with Gasteiger partial charge in [0.15, 0.2) is 0 Å². The summed E-state index contributed by atoms with van der Waals surface area (Å²) in [5.74, 6) is 0. The molecule has 16 heavy (non-hydrogen) atoms. The molecule has 2 nitrogen and oxygen atoms in total. The molecule has 0 aliphatic heterocycles. The van der Waals surface area contributed by atoms with E-state index in [1.165, 1.54) is 6.92 Å². The van der Waals surface area contributed by atoms with Crippen molar-refractivity contribution in [1.29, 1.82) is 0 Å². The zero-order valence-electron chi connectivity index (χ0n) is 9.30. The second-order valence-electron chi connectivity index (χ2n) is 3.97. The Morgan fingerprint density at radius 3 is 2.62 bits per heavy atom. The number of hydrogen-bond acceptors (Lipinski definition) is 2. The molecule has 0 saturated heterocycles. The summed E-state index contributed by atoms with van der Waals surface area (Å²) in [4.78, 5) is 3.97. The van der Waals surface area contributed by atoms with Crippen LogP contribution in [-0.2, 0) is 6.54 Å². The molecular formula is C11H15F3N2. The summed E-state index contributed by atoms with van der Waals surface area (Å²) in [7, 11) is 0. The lowest BCUT2D eigenvalue weighted by molar-refractivity contribution is -0.139. The molecule has 1 N–H and O–H groups in total. The van der Waals surface area contributed by atoms with Gasteiger partial charge in [0.25, 0.3) is 0 Å². The third-order valence-corrected chi connectivity index (χ3v) is 2.12. The van der Waals surface area contributed by atoms with E-state index in [0.717, 1.165) is 11.1 Å². The van der Waals surface area contributed by atoms with E-state index in [1.807, 2.05) is 13.0 Å². The molecule has 0 spiro atoms. The third kappa shape index (κ3) is 5.11. The minimum Gasteiger partial charge on any atom is -0.310 e. The lowest BCUT2D eigenvalue weighted by Gasteiger charge is -2.15. The highest BCUT2D eigenvalue weighted by Crippen LogP contribution is 2.21. The molecule has 0 bridgehead atoms. The van der Waals surface area contributed by atoms with Gasteiger partial charge in [-0.1, -0.05) is 6.07 Å². The minimum atomic E-state index is -4.11. The van der Waals surface area contributed by atoms with Gasteiger partial charge in [-0.3, -0.25) is 4.98 Å². The summed E-state index contributed by atoms with van der Waals surface area (Å²) < 4.78 is 36.1. The summed E-state index contributed by atoms with van der Waals surface area (Å²) >= 11 is 0. The van der Waals surface area contributed by atoms with Gasteiger partial charge < -0.3 is 5.32 Å². The molecule has 1 rings (SSSR count). The van der Waals surface area contributed by atoms with Crippen LogP contribution in [0, 0.1) is 6.92 Å². The third-order valence-electron chi connectivity index (χ3n) is 2.12. The zero-order chi connectivity index (χ0) is 12.2. The van der Waals surface area contributed by atoms with Crippen LogP contribution in [0.25, 0.3) is 0 Å². The standard InChI is InChI=1S/C11H15F3N2/c1-8-3-10(6-15-5-8)7-16-9(2)4-11(12,13)14/h3,5-6,9,16H,4,7H2,1-2H3. The van der Waals surface area contributed by atoms with Crippen molar-refractivity contribution in [1.82, 2.24) is 10.3 Å². The van der Waals surface area contributed by atoms with Gasteiger partial charge in [0.2, 0.25) is 0 Å². The zero-order valence-corrected chi connectivity index (χ0v) is 9.30. The van der Waals surface area contributed by atoms with Crippen LogP contribution in [0.3, 0.4) is 0 Å². The first-order valence-corrected chi connectivity index (χ1v) is 5.07. The number of aromatic nitrogens is 1. The highest BCUT2D eigenvalue weighted by molar-refractivity contribution is 5.16. The Labute approximate surface area is 92.9 Å². The maximum absolute atomic E-state index is 12.0. The summed E-state index contributed by atoms with van der Waals surface area (Å²) in [6, 6.07) is 1.32. The summed E-state index contributed by atoms with van der Waals surface area (Å²) in [6.07, 6.45) is -1.56. The minimum absolute atomic E-state index is 0.409. The SMILES string of the molecule is Cc1cncc(CNC(C)CC(F)(F)F)c1. The molecule has 5 heteroatoms.